The molecule has 0 aliphatic rings. The first-order valence-corrected chi connectivity index (χ1v) is 11.5. The number of pyridine rings is 1. The largest absolute Gasteiger partial charge is 0.322 e. The predicted octanol–water partition coefficient (Wildman–Crippen LogP) is 3.62. The van der Waals surface area contributed by atoms with Crippen LogP contribution in [0.3, 0.4) is 0 Å². The summed E-state index contributed by atoms with van der Waals surface area (Å²) >= 11 is 0. The fourth-order valence-electron chi connectivity index (χ4n) is 3.34. The lowest BCUT2D eigenvalue weighted by Crippen LogP contribution is -2.22. The molecule has 0 fully saturated rings. The lowest BCUT2D eigenvalue weighted by Gasteiger charge is -2.12. The first-order valence-electron chi connectivity index (χ1n) is 10.1. The van der Waals surface area contributed by atoms with Crippen molar-refractivity contribution in [1.82, 2.24) is 19.1 Å². The number of anilines is 1. The third-order valence-electron chi connectivity index (χ3n) is 5.11. The summed E-state index contributed by atoms with van der Waals surface area (Å²) in [5, 5.41) is 7.86. The Hall–Kier alpha value is -3.56. The first-order chi connectivity index (χ1) is 15.3. The number of sulfonamides is 1. The average molecular weight is 450 g/mol. The Morgan fingerprint density at radius 2 is 1.75 bits per heavy atom. The van der Waals surface area contributed by atoms with Crippen LogP contribution in [0.2, 0.25) is 0 Å². The standard InChI is InChI=1S/C23H23N5O3S/c1-4-28-22-20(15-24-28)19(14-21(26-22)16-8-6-5-7-9-16)23(29)25-17-10-12-18(13-11-17)32(30,31)27(2)3/h5-15H,4H2,1-3H3,(H,25,29). The Balaban J connectivity index is 1.71. The molecule has 0 unspecified atom stereocenters. The molecule has 0 atom stereocenters. The number of hydrogen-bond acceptors (Lipinski definition) is 5. The zero-order valence-corrected chi connectivity index (χ0v) is 18.8. The van der Waals surface area contributed by atoms with Crippen LogP contribution in [0, 0.1) is 0 Å². The van der Waals surface area contributed by atoms with Gasteiger partial charge in [-0.25, -0.2) is 22.4 Å². The third kappa shape index (κ3) is 4.00. The van der Waals surface area contributed by atoms with Gasteiger partial charge in [0.1, 0.15) is 0 Å². The SMILES string of the molecule is CCn1ncc2c(C(=O)Nc3ccc(S(=O)(=O)N(C)C)cc3)cc(-c3ccccc3)nc21. The van der Waals surface area contributed by atoms with Crippen molar-refractivity contribution in [2.45, 2.75) is 18.4 Å². The van der Waals surface area contributed by atoms with Crippen LogP contribution >= 0.6 is 0 Å². The van der Waals surface area contributed by atoms with Gasteiger partial charge in [0.15, 0.2) is 5.65 Å². The van der Waals surface area contributed by atoms with E-state index in [1.807, 2.05) is 37.3 Å². The van der Waals surface area contributed by atoms with E-state index in [9.17, 15) is 13.2 Å². The average Bonchev–Trinajstić information content (AvgIpc) is 3.22. The molecule has 0 spiro atoms. The lowest BCUT2D eigenvalue weighted by atomic mass is 10.1. The Bertz CT molecular complexity index is 1380. The zero-order valence-electron chi connectivity index (χ0n) is 18.0. The molecule has 2 aromatic carbocycles. The van der Waals surface area contributed by atoms with Gasteiger partial charge in [0.05, 0.1) is 27.7 Å². The Labute approximate surface area is 186 Å². The number of fused-ring (bicyclic) bond motifs is 1. The van der Waals surface area contributed by atoms with Gasteiger partial charge in [-0.3, -0.25) is 4.79 Å². The summed E-state index contributed by atoms with van der Waals surface area (Å²) in [6.07, 6.45) is 1.64. The maximum absolute atomic E-state index is 13.2. The van der Waals surface area contributed by atoms with Crippen LogP contribution in [0.5, 0.6) is 0 Å². The third-order valence-corrected chi connectivity index (χ3v) is 6.94. The molecule has 0 saturated heterocycles. The van der Waals surface area contributed by atoms with Gasteiger partial charge in [-0.1, -0.05) is 30.3 Å². The van der Waals surface area contributed by atoms with E-state index in [-0.39, 0.29) is 10.8 Å². The second-order valence-corrected chi connectivity index (χ2v) is 9.54. The summed E-state index contributed by atoms with van der Waals surface area (Å²) in [5.74, 6) is -0.326. The number of benzene rings is 2. The van der Waals surface area contributed by atoms with Crippen LogP contribution < -0.4 is 5.32 Å². The van der Waals surface area contributed by atoms with E-state index >= 15 is 0 Å². The van der Waals surface area contributed by atoms with E-state index in [0.29, 0.717) is 34.5 Å². The van der Waals surface area contributed by atoms with E-state index in [1.165, 1.54) is 26.2 Å². The van der Waals surface area contributed by atoms with Crippen LogP contribution in [0.1, 0.15) is 17.3 Å². The van der Waals surface area contributed by atoms with Crippen molar-refractivity contribution in [3.05, 3.63) is 72.4 Å². The smallest absolute Gasteiger partial charge is 0.256 e. The van der Waals surface area contributed by atoms with E-state index in [2.05, 4.69) is 10.4 Å². The van der Waals surface area contributed by atoms with Crippen LogP contribution in [0.25, 0.3) is 22.3 Å². The van der Waals surface area contributed by atoms with E-state index in [0.717, 1.165) is 9.87 Å². The highest BCUT2D eigenvalue weighted by Gasteiger charge is 2.19. The van der Waals surface area contributed by atoms with Crippen molar-refractivity contribution in [1.29, 1.82) is 0 Å². The van der Waals surface area contributed by atoms with Crippen molar-refractivity contribution in [2.24, 2.45) is 0 Å². The Morgan fingerprint density at radius 3 is 2.38 bits per heavy atom. The minimum absolute atomic E-state index is 0.155. The molecule has 0 bridgehead atoms. The Kier molecular flexibility index (Phi) is 5.77. The molecule has 1 N–H and O–H groups in total. The molecule has 0 radical (unpaired) electrons. The molecular formula is C23H23N5O3S. The number of amides is 1. The van der Waals surface area contributed by atoms with Gasteiger partial charge >= 0.3 is 0 Å². The van der Waals surface area contributed by atoms with Crippen LogP contribution in [0.15, 0.2) is 71.8 Å². The van der Waals surface area contributed by atoms with Crippen molar-refractivity contribution in [3.63, 3.8) is 0 Å². The van der Waals surface area contributed by atoms with Gasteiger partial charge in [-0.2, -0.15) is 5.10 Å². The molecule has 0 aliphatic carbocycles. The molecule has 2 heterocycles. The van der Waals surface area contributed by atoms with Crippen molar-refractivity contribution in [2.75, 3.05) is 19.4 Å². The molecule has 4 aromatic rings. The second kappa shape index (κ2) is 8.52. The lowest BCUT2D eigenvalue weighted by molar-refractivity contribution is 0.102. The van der Waals surface area contributed by atoms with Crippen molar-refractivity contribution in [3.8, 4) is 11.3 Å². The van der Waals surface area contributed by atoms with Crippen LogP contribution in [-0.4, -0.2) is 47.5 Å². The predicted molar refractivity (Wildman–Crippen MR) is 124 cm³/mol. The van der Waals surface area contributed by atoms with Crippen molar-refractivity contribution >= 4 is 32.7 Å². The quantitative estimate of drug-likeness (QED) is 0.485. The zero-order chi connectivity index (χ0) is 22.9. The van der Waals surface area contributed by atoms with Crippen LogP contribution in [-0.2, 0) is 16.6 Å². The fourth-order valence-corrected chi connectivity index (χ4v) is 4.24. The van der Waals surface area contributed by atoms with Gasteiger partial charge < -0.3 is 5.32 Å². The molecule has 32 heavy (non-hydrogen) atoms. The molecule has 164 valence electrons. The van der Waals surface area contributed by atoms with Gasteiger partial charge in [-0.15, -0.1) is 0 Å². The summed E-state index contributed by atoms with van der Waals surface area (Å²) in [5.41, 5.74) is 3.13. The van der Waals surface area contributed by atoms with E-state index < -0.39 is 10.0 Å². The first kappa shape index (κ1) is 21.7. The monoisotopic (exact) mass is 449 g/mol. The second-order valence-electron chi connectivity index (χ2n) is 7.38. The molecule has 2 aromatic heterocycles. The molecule has 8 nitrogen and oxygen atoms in total. The minimum atomic E-state index is -3.54. The minimum Gasteiger partial charge on any atom is -0.322 e. The van der Waals surface area contributed by atoms with Crippen molar-refractivity contribution < 1.29 is 13.2 Å². The molecule has 0 saturated carbocycles. The van der Waals surface area contributed by atoms with E-state index in [4.69, 9.17) is 4.98 Å². The highest BCUT2D eigenvalue weighted by atomic mass is 32.2. The number of nitrogens with one attached hydrogen (secondary N) is 1. The number of carbonyl (C=O) groups excluding carboxylic acids is 1. The summed E-state index contributed by atoms with van der Waals surface area (Å²) in [6, 6.07) is 17.5. The number of hydrogen-bond donors (Lipinski definition) is 1. The maximum Gasteiger partial charge on any atom is 0.256 e. The summed E-state index contributed by atoms with van der Waals surface area (Å²) in [6.45, 7) is 2.59. The topological polar surface area (TPSA) is 97.2 Å². The molecule has 4 rings (SSSR count). The van der Waals surface area contributed by atoms with E-state index in [1.54, 1.807) is 29.1 Å². The molecule has 0 aliphatic heterocycles. The van der Waals surface area contributed by atoms with Gasteiger partial charge in [-0.05, 0) is 37.3 Å². The highest BCUT2D eigenvalue weighted by molar-refractivity contribution is 7.89. The highest BCUT2D eigenvalue weighted by Crippen LogP contribution is 2.26. The molecular weight excluding hydrogens is 426 g/mol. The van der Waals surface area contributed by atoms with Gasteiger partial charge in [0, 0.05) is 31.9 Å². The number of nitrogens with zero attached hydrogens (tertiary/aromatic N) is 4. The molecule has 1 amide bonds. The summed E-state index contributed by atoms with van der Waals surface area (Å²) in [4.78, 5) is 18.1. The fraction of sp³-hybridized carbons (Fsp3) is 0.174. The maximum atomic E-state index is 13.2. The van der Waals surface area contributed by atoms with Crippen LogP contribution in [0.4, 0.5) is 5.69 Å². The van der Waals surface area contributed by atoms with Gasteiger partial charge in [0.2, 0.25) is 10.0 Å². The number of aryl methyl sites for hydroxylation is 1. The number of carbonyl (C=O) groups is 1. The van der Waals surface area contributed by atoms with Gasteiger partial charge in [0.25, 0.3) is 5.91 Å². The summed E-state index contributed by atoms with van der Waals surface area (Å²) < 4.78 is 27.4. The number of aromatic nitrogens is 3. The summed E-state index contributed by atoms with van der Waals surface area (Å²) in [7, 11) is -0.593. The normalized spacial score (nSPS) is 11.8. The molecule has 9 heteroatoms. The Morgan fingerprint density at radius 1 is 1.06 bits per heavy atom. The number of rotatable bonds is 6.